The molecular formula is C23H16FNO2S. The summed E-state index contributed by atoms with van der Waals surface area (Å²) < 4.78 is 39.3. The van der Waals surface area contributed by atoms with Gasteiger partial charge in [-0.15, -0.1) is 0 Å². The van der Waals surface area contributed by atoms with Crippen molar-refractivity contribution >= 4 is 26.1 Å². The molecule has 28 heavy (non-hydrogen) atoms. The Bertz CT molecular complexity index is 1420. The van der Waals surface area contributed by atoms with E-state index in [9.17, 15) is 12.8 Å². The first-order valence-corrected chi connectivity index (χ1v) is 10.7. The Morgan fingerprint density at radius 3 is 2.18 bits per heavy atom. The quantitative estimate of drug-likeness (QED) is 0.414. The molecule has 0 aliphatic heterocycles. The number of hydrogen-bond acceptors (Lipinski definition) is 2. The maximum Gasteiger partial charge on any atom is 0.175 e. The number of rotatable bonds is 3. The van der Waals surface area contributed by atoms with Gasteiger partial charge in [0, 0.05) is 28.8 Å². The van der Waals surface area contributed by atoms with E-state index >= 15 is 0 Å². The third-order valence-corrected chi connectivity index (χ3v) is 6.28. The zero-order chi connectivity index (χ0) is 19.5. The highest BCUT2D eigenvalue weighted by Gasteiger charge is 2.20. The van der Waals surface area contributed by atoms with Crippen LogP contribution in [0.1, 0.15) is 0 Å². The average molecular weight is 389 g/mol. The van der Waals surface area contributed by atoms with Crippen molar-refractivity contribution < 1.29 is 12.8 Å². The standard InChI is InChI=1S/C23H16FNO2S/c1-28(26,27)19-11-7-17(8-12-19)23-21(15-5-9-18(24)10-6-15)20-4-2-3-16-13-14-25(23)22(16)20/h2-14H,1H3. The van der Waals surface area contributed by atoms with Crippen LogP contribution in [0.2, 0.25) is 0 Å². The van der Waals surface area contributed by atoms with Crippen molar-refractivity contribution in [1.82, 2.24) is 4.40 Å². The van der Waals surface area contributed by atoms with E-state index in [1.54, 1.807) is 24.3 Å². The third-order valence-electron chi connectivity index (χ3n) is 5.15. The number of para-hydroxylation sites is 1. The summed E-state index contributed by atoms with van der Waals surface area (Å²) in [6.45, 7) is 0. The Labute approximate surface area is 161 Å². The minimum Gasteiger partial charge on any atom is -0.315 e. The van der Waals surface area contributed by atoms with Crippen LogP contribution in [0, 0.1) is 5.82 Å². The Morgan fingerprint density at radius 1 is 0.821 bits per heavy atom. The number of aromatic nitrogens is 1. The Hall–Kier alpha value is -3.18. The number of halogens is 1. The number of sulfone groups is 1. The lowest BCUT2D eigenvalue weighted by Crippen LogP contribution is -1.96. The molecule has 2 heterocycles. The van der Waals surface area contributed by atoms with E-state index in [1.165, 1.54) is 18.4 Å². The Kier molecular flexibility index (Phi) is 3.58. The summed E-state index contributed by atoms with van der Waals surface area (Å²) in [4.78, 5) is 0.286. The van der Waals surface area contributed by atoms with E-state index in [4.69, 9.17) is 0 Å². The predicted molar refractivity (Wildman–Crippen MR) is 110 cm³/mol. The van der Waals surface area contributed by atoms with Crippen LogP contribution in [0.5, 0.6) is 0 Å². The van der Waals surface area contributed by atoms with Gasteiger partial charge in [-0.25, -0.2) is 12.8 Å². The SMILES string of the molecule is CS(=O)(=O)c1ccc(-c2c(-c3ccc(F)cc3)c3cccc4ccn2c43)cc1. The van der Waals surface area contributed by atoms with Crippen LogP contribution in [-0.4, -0.2) is 19.1 Å². The van der Waals surface area contributed by atoms with Gasteiger partial charge < -0.3 is 4.40 Å². The normalized spacial score (nSPS) is 12.2. The second-order valence-corrected chi connectivity index (χ2v) is 8.97. The molecule has 0 bridgehead atoms. The van der Waals surface area contributed by atoms with Crippen molar-refractivity contribution in [1.29, 1.82) is 0 Å². The molecule has 0 saturated carbocycles. The first kappa shape index (κ1) is 17.0. The van der Waals surface area contributed by atoms with Gasteiger partial charge in [0.1, 0.15) is 5.82 Å². The Morgan fingerprint density at radius 2 is 1.50 bits per heavy atom. The summed E-state index contributed by atoms with van der Waals surface area (Å²) in [7, 11) is -3.26. The molecule has 5 rings (SSSR count). The monoisotopic (exact) mass is 389 g/mol. The van der Waals surface area contributed by atoms with Crippen LogP contribution in [0.15, 0.2) is 83.9 Å². The molecule has 0 amide bonds. The highest BCUT2D eigenvalue weighted by Crippen LogP contribution is 2.42. The topological polar surface area (TPSA) is 38.5 Å². The van der Waals surface area contributed by atoms with E-state index in [0.29, 0.717) is 0 Å². The molecule has 0 fully saturated rings. The molecule has 0 N–H and O–H groups in total. The summed E-state index contributed by atoms with van der Waals surface area (Å²) in [6.07, 6.45) is 3.22. The number of benzene rings is 3. The van der Waals surface area contributed by atoms with Gasteiger partial charge >= 0.3 is 0 Å². The smallest absolute Gasteiger partial charge is 0.175 e. The number of nitrogens with zero attached hydrogens (tertiary/aromatic N) is 1. The van der Waals surface area contributed by atoms with Crippen molar-refractivity contribution in [3.05, 3.63) is 84.8 Å². The van der Waals surface area contributed by atoms with Crippen LogP contribution in [0.3, 0.4) is 0 Å². The molecular weight excluding hydrogens is 373 g/mol. The lowest BCUT2D eigenvalue weighted by atomic mass is 9.98. The molecule has 0 radical (unpaired) electrons. The zero-order valence-corrected chi connectivity index (χ0v) is 15.9. The highest BCUT2D eigenvalue weighted by molar-refractivity contribution is 7.90. The first-order chi connectivity index (χ1) is 13.4. The number of hydrogen-bond donors (Lipinski definition) is 0. The molecule has 0 atom stereocenters. The van der Waals surface area contributed by atoms with E-state index in [2.05, 4.69) is 22.6 Å². The van der Waals surface area contributed by atoms with Gasteiger partial charge in [-0.05, 0) is 41.5 Å². The van der Waals surface area contributed by atoms with Gasteiger partial charge in [-0.3, -0.25) is 0 Å². The van der Waals surface area contributed by atoms with Gasteiger partial charge in [-0.2, -0.15) is 0 Å². The summed E-state index contributed by atoms with van der Waals surface area (Å²) >= 11 is 0. The van der Waals surface area contributed by atoms with Gasteiger partial charge in [0.25, 0.3) is 0 Å². The minimum atomic E-state index is -3.26. The van der Waals surface area contributed by atoms with Crippen molar-refractivity contribution in [3.8, 4) is 22.4 Å². The second-order valence-electron chi connectivity index (χ2n) is 6.96. The van der Waals surface area contributed by atoms with E-state index < -0.39 is 9.84 Å². The molecule has 3 aromatic carbocycles. The lowest BCUT2D eigenvalue weighted by Gasteiger charge is -2.08. The van der Waals surface area contributed by atoms with E-state index in [1.807, 2.05) is 24.4 Å². The van der Waals surface area contributed by atoms with Crippen LogP contribution >= 0.6 is 0 Å². The maximum atomic E-state index is 13.5. The third kappa shape index (κ3) is 2.51. The maximum absolute atomic E-state index is 13.5. The largest absolute Gasteiger partial charge is 0.315 e. The second kappa shape index (κ2) is 5.91. The van der Waals surface area contributed by atoms with Crippen LogP contribution < -0.4 is 0 Å². The van der Waals surface area contributed by atoms with Crippen molar-refractivity contribution in [2.24, 2.45) is 0 Å². The summed E-state index contributed by atoms with van der Waals surface area (Å²) in [5.74, 6) is -0.278. The molecule has 0 aliphatic carbocycles. The fraction of sp³-hybridized carbons (Fsp3) is 0.0435. The van der Waals surface area contributed by atoms with E-state index in [0.717, 1.165) is 38.7 Å². The lowest BCUT2D eigenvalue weighted by molar-refractivity contribution is 0.602. The fourth-order valence-electron chi connectivity index (χ4n) is 3.88. The molecule has 2 aromatic heterocycles. The zero-order valence-electron chi connectivity index (χ0n) is 15.1. The van der Waals surface area contributed by atoms with Gasteiger partial charge in [0.15, 0.2) is 9.84 Å². The van der Waals surface area contributed by atoms with Gasteiger partial charge in [-0.1, -0.05) is 42.5 Å². The fourth-order valence-corrected chi connectivity index (χ4v) is 4.51. The summed E-state index contributed by atoms with van der Waals surface area (Å²) in [6, 6.07) is 21.6. The predicted octanol–water partition coefficient (Wildman–Crippen LogP) is 5.41. The molecule has 0 unspecified atom stereocenters. The molecule has 5 heteroatoms. The summed E-state index contributed by atoms with van der Waals surface area (Å²) in [5.41, 5.74) is 4.89. The first-order valence-electron chi connectivity index (χ1n) is 8.85. The molecule has 0 saturated heterocycles. The van der Waals surface area contributed by atoms with Crippen LogP contribution in [-0.2, 0) is 9.84 Å². The highest BCUT2D eigenvalue weighted by atomic mass is 32.2. The van der Waals surface area contributed by atoms with Crippen LogP contribution in [0.4, 0.5) is 4.39 Å². The van der Waals surface area contributed by atoms with Crippen LogP contribution in [0.25, 0.3) is 38.7 Å². The minimum absolute atomic E-state index is 0.278. The average Bonchev–Trinajstić information content (AvgIpc) is 3.25. The molecule has 3 nitrogen and oxygen atoms in total. The van der Waals surface area contributed by atoms with E-state index in [-0.39, 0.29) is 10.7 Å². The van der Waals surface area contributed by atoms with Crippen molar-refractivity contribution in [2.45, 2.75) is 4.90 Å². The Balaban J connectivity index is 1.85. The summed E-state index contributed by atoms with van der Waals surface area (Å²) in [5, 5.41) is 2.20. The molecule has 5 aromatic rings. The van der Waals surface area contributed by atoms with Gasteiger partial charge in [0.05, 0.1) is 16.1 Å². The van der Waals surface area contributed by atoms with Crippen molar-refractivity contribution in [3.63, 3.8) is 0 Å². The van der Waals surface area contributed by atoms with Gasteiger partial charge in [0.2, 0.25) is 0 Å². The van der Waals surface area contributed by atoms with Crippen molar-refractivity contribution in [2.75, 3.05) is 6.26 Å². The molecule has 138 valence electrons. The molecule has 0 spiro atoms. The molecule has 0 aliphatic rings.